The first-order chi connectivity index (χ1) is 15.1. The van der Waals surface area contributed by atoms with E-state index in [0.29, 0.717) is 28.6 Å². The number of amides is 3. The number of para-hydroxylation sites is 2. The Kier molecular flexibility index (Phi) is 5.70. The summed E-state index contributed by atoms with van der Waals surface area (Å²) in [6, 6.07) is 11.8. The monoisotopic (exact) mass is 417 g/mol. The second-order valence-corrected chi connectivity index (χ2v) is 6.47. The lowest BCUT2D eigenvalue weighted by molar-refractivity contribution is 0.0950. The van der Waals surface area contributed by atoms with Crippen LogP contribution in [0.2, 0.25) is 0 Å². The van der Waals surface area contributed by atoms with Crippen molar-refractivity contribution in [2.45, 2.75) is 6.54 Å². The number of hydrogen-bond acceptors (Lipinski definition) is 6. The Bertz CT molecular complexity index is 1190. The second-order valence-electron chi connectivity index (χ2n) is 6.47. The number of fused-ring (bicyclic) bond motifs is 1. The average molecular weight is 417 g/mol. The van der Waals surface area contributed by atoms with Gasteiger partial charge in [0.2, 0.25) is 0 Å². The number of anilines is 2. The minimum Gasteiger partial charge on any atom is -0.495 e. The molecule has 4 rings (SSSR count). The molecular formula is C21H19N7O3. The second kappa shape index (κ2) is 8.91. The number of methoxy groups -OCH3 is 1. The number of H-pyrrole nitrogens is 1. The Hall–Kier alpha value is -4.47. The highest BCUT2D eigenvalue weighted by atomic mass is 16.5. The molecule has 0 aliphatic rings. The van der Waals surface area contributed by atoms with Crippen molar-refractivity contribution in [2.75, 3.05) is 17.7 Å². The maximum atomic E-state index is 12.6. The number of carbonyl (C=O) groups is 2. The number of ether oxygens (including phenoxy) is 1. The number of urea groups is 1. The van der Waals surface area contributed by atoms with E-state index in [2.05, 4.69) is 35.9 Å². The molecule has 0 saturated carbocycles. The first-order valence-electron chi connectivity index (χ1n) is 9.36. The molecule has 31 heavy (non-hydrogen) atoms. The van der Waals surface area contributed by atoms with Gasteiger partial charge >= 0.3 is 6.03 Å². The van der Waals surface area contributed by atoms with E-state index in [-0.39, 0.29) is 12.5 Å². The Morgan fingerprint density at radius 2 is 1.97 bits per heavy atom. The van der Waals surface area contributed by atoms with Gasteiger partial charge in [0.05, 0.1) is 36.6 Å². The van der Waals surface area contributed by atoms with Crippen molar-refractivity contribution < 1.29 is 14.3 Å². The van der Waals surface area contributed by atoms with Gasteiger partial charge in [-0.05, 0) is 30.3 Å². The molecule has 0 unspecified atom stereocenters. The Morgan fingerprint density at radius 1 is 1.10 bits per heavy atom. The van der Waals surface area contributed by atoms with Gasteiger partial charge in [-0.25, -0.2) is 14.8 Å². The molecule has 0 aliphatic carbocycles. The van der Waals surface area contributed by atoms with Crippen LogP contribution in [-0.2, 0) is 6.54 Å². The molecule has 0 aliphatic heterocycles. The summed E-state index contributed by atoms with van der Waals surface area (Å²) in [5.41, 5.74) is 2.42. The number of rotatable bonds is 6. The lowest BCUT2D eigenvalue weighted by Crippen LogP contribution is -2.24. The molecule has 156 valence electrons. The number of benzene rings is 2. The number of imidazole rings is 1. The highest BCUT2D eigenvalue weighted by Crippen LogP contribution is 2.25. The van der Waals surface area contributed by atoms with Gasteiger partial charge in [0.15, 0.2) is 5.82 Å². The van der Waals surface area contributed by atoms with E-state index in [9.17, 15) is 9.59 Å². The van der Waals surface area contributed by atoms with E-state index >= 15 is 0 Å². The molecule has 2 heterocycles. The minimum atomic E-state index is -0.543. The molecule has 0 fully saturated rings. The van der Waals surface area contributed by atoms with Crippen LogP contribution in [-0.4, -0.2) is 39.0 Å². The quantitative estimate of drug-likeness (QED) is 0.381. The van der Waals surface area contributed by atoms with Crippen LogP contribution >= 0.6 is 0 Å². The Morgan fingerprint density at radius 3 is 2.74 bits per heavy atom. The van der Waals surface area contributed by atoms with Crippen LogP contribution in [0.5, 0.6) is 5.75 Å². The third-order valence-electron chi connectivity index (χ3n) is 4.37. The molecule has 0 saturated heterocycles. The van der Waals surface area contributed by atoms with Crippen molar-refractivity contribution in [2.24, 2.45) is 0 Å². The topological polar surface area (TPSA) is 134 Å². The van der Waals surface area contributed by atoms with Crippen molar-refractivity contribution in [1.29, 1.82) is 0 Å². The molecule has 0 radical (unpaired) electrons. The van der Waals surface area contributed by atoms with Gasteiger partial charge in [-0.1, -0.05) is 12.1 Å². The summed E-state index contributed by atoms with van der Waals surface area (Å²) in [5.74, 6) is 1.02. The smallest absolute Gasteiger partial charge is 0.324 e. The first-order valence-corrected chi connectivity index (χ1v) is 9.36. The molecule has 0 atom stereocenters. The van der Waals surface area contributed by atoms with Gasteiger partial charge in [0.1, 0.15) is 11.6 Å². The van der Waals surface area contributed by atoms with Crippen molar-refractivity contribution >= 4 is 34.5 Å². The summed E-state index contributed by atoms with van der Waals surface area (Å²) >= 11 is 0. The lowest BCUT2D eigenvalue weighted by Gasteiger charge is -2.12. The van der Waals surface area contributed by atoms with Crippen LogP contribution in [0, 0.1) is 0 Å². The molecule has 0 bridgehead atoms. The third-order valence-corrected chi connectivity index (χ3v) is 4.37. The fourth-order valence-corrected chi connectivity index (χ4v) is 2.94. The Labute approximate surface area is 177 Å². The van der Waals surface area contributed by atoms with Crippen LogP contribution in [0.25, 0.3) is 11.0 Å². The van der Waals surface area contributed by atoms with Gasteiger partial charge < -0.3 is 20.4 Å². The molecule has 0 spiro atoms. The largest absolute Gasteiger partial charge is 0.495 e. The molecule has 10 heteroatoms. The zero-order valence-corrected chi connectivity index (χ0v) is 16.5. The standard InChI is InChI=1S/C21H19N7O3/c1-31-17-7-6-13(10-16(17)27-21(30)28-18-11-22-8-9-23-18)20(29)24-12-19-25-14-4-2-3-5-15(14)26-19/h2-11H,12H2,1H3,(H,24,29)(H,25,26)(H2,23,27,28,30). The predicted molar refractivity (Wildman–Crippen MR) is 115 cm³/mol. The van der Waals surface area contributed by atoms with E-state index in [1.165, 1.54) is 31.8 Å². The van der Waals surface area contributed by atoms with Crippen molar-refractivity contribution in [3.05, 3.63) is 72.4 Å². The predicted octanol–water partition coefficient (Wildman–Crippen LogP) is 2.94. The lowest BCUT2D eigenvalue weighted by atomic mass is 10.1. The summed E-state index contributed by atoms with van der Waals surface area (Å²) in [6.07, 6.45) is 4.38. The van der Waals surface area contributed by atoms with Crippen LogP contribution in [0.4, 0.5) is 16.3 Å². The van der Waals surface area contributed by atoms with Crippen molar-refractivity contribution in [3.63, 3.8) is 0 Å². The van der Waals surface area contributed by atoms with Crippen LogP contribution < -0.4 is 20.7 Å². The van der Waals surface area contributed by atoms with E-state index in [0.717, 1.165) is 11.0 Å². The Balaban J connectivity index is 1.44. The molecule has 2 aromatic heterocycles. The number of aromatic nitrogens is 4. The van der Waals surface area contributed by atoms with Gasteiger partial charge in [-0.15, -0.1) is 0 Å². The van der Waals surface area contributed by atoms with Gasteiger partial charge in [0.25, 0.3) is 5.91 Å². The highest BCUT2D eigenvalue weighted by Gasteiger charge is 2.13. The maximum absolute atomic E-state index is 12.6. The van der Waals surface area contributed by atoms with E-state index in [4.69, 9.17) is 4.74 Å². The summed E-state index contributed by atoms with van der Waals surface area (Å²) in [6.45, 7) is 0.232. The molecule has 10 nitrogen and oxygen atoms in total. The number of aromatic amines is 1. The fraction of sp³-hybridized carbons (Fsp3) is 0.0952. The third kappa shape index (κ3) is 4.75. The number of nitrogens with zero attached hydrogens (tertiary/aromatic N) is 3. The summed E-state index contributed by atoms with van der Waals surface area (Å²) < 4.78 is 5.28. The zero-order chi connectivity index (χ0) is 21.6. The summed E-state index contributed by atoms with van der Waals surface area (Å²) in [7, 11) is 1.47. The average Bonchev–Trinajstić information content (AvgIpc) is 3.21. The van der Waals surface area contributed by atoms with Crippen LogP contribution in [0.1, 0.15) is 16.2 Å². The van der Waals surface area contributed by atoms with Gasteiger partial charge in [-0.2, -0.15) is 0 Å². The highest BCUT2D eigenvalue weighted by molar-refractivity contribution is 6.02. The number of hydrogen-bond donors (Lipinski definition) is 4. The normalized spacial score (nSPS) is 10.5. The SMILES string of the molecule is COc1ccc(C(=O)NCc2nc3ccccc3[nH]2)cc1NC(=O)Nc1cnccn1. The fourth-order valence-electron chi connectivity index (χ4n) is 2.94. The molecule has 4 N–H and O–H groups in total. The first kappa shape index (κ1) is 19.8. The van der Waals surface area contributed by atoms with E-state index in [1.807, 2.05) is 24.3 Å². The van der Waals surface area contributed by atoms with Gasteiger partial charge in [0, 0.05) is 18.0 Å². The van der Waals surface area contributed by atoms with Crippen molar-refractivity contribution in [1.82, 2.24) is 25.3 Å². The molecule has 3 amide bonds. The van der Waals surface area contributed by atoms with E-state index in [1.54, 1.807) is 12.1 Å². The number of nitrogens with one attached hydrogen (secondary N) is 4. The molecule has 4 aromatic rings. The van der Waals surface area contributed by atoms with Crippen molar-refractivity contribution in [3.8, 4) is 5.75 Å². The number of carbonyl (C=O) groups excluding carboxylic acids is 2. The summed E-state index contributed by atoms with van der Waals surface area (Å²) in [5, 5.41) is 8.03. The molecule has 2 aromatic carbocycles. The van der Waals surface area contributed by atoms with Crippen LogP contribution in [0.15, 0.2) is 61.1 Å². The molecular weight excluding hydrogens is 398 g/mol. The minimum absolute atomic E-state index is 0.232. The maximum Gasteiger partial charge on any atom is 0.324 e. The van der Waals surface area contributed by atoms with Gasteiger partial charge in [-0.3, -0.25) is 15.1 Å². The summed E-state index contributed by atoms with van der Waals surface area (Å²) in [4.78, 5) is 40.3. The zero-order valence-electron chi connectivity index (χ0n) is 16.5. The van der Waals surface area contributed by atoms with Crippen LogP contribution in [0.3, 0.4) is 0 Å². The van der Waals surface area contributed by atoms with E-state index < -0.39 is 6.03 Å².